The maximum atomic E-state index is 10.8. The number of methoxy groups -OCH3 is 1. The fraction of sp³-hybridized carbons (Fsp3) is 0.500. The zero-order chi connectivity index (χ0) is 13.8. The molecule has 0 bridgehead atoms. The molecule has 0 rings (SSSR count). The molecule has 0 aliphatic heterocycles. The topological polar surface area (TPSA) is 61.8 Å². The number of esters is 2. The van der Waals surface area contributed by atoms with Gasteiger partial charge in [-0.25, -0.2) is 9.59 Å². The Hall–Kier alpha value is -1.62. The third-order valence-electron chi connectivity index (χ3n) is 1.25. The number of hydrogen-bond acceptors (Lipinski definition) is 5. The smallest absolute Gasteiger partial charge is 0.333 e. The number of carbonyl (C=O) groups excluding carboxylic acids is 2. The first-order valence-electron chi connectivity index (χ1n) is 4.92. The maximum Gasteiger partial charge on any atom is 0.333 e. The van der Waals surface area contributed by atoms with Gasteiger partial charge in [-0.2, -0.15) is 0 Å². The molecule has 0 aromatic heterocycles. The molecule has 17 heavy (non-hydrogen) atoms. The first kappa shape index (κ1) is 17.8. The monoisotopic (exact) mass is 244 g/mol. The van der Waals surface area contributed by atoms with E-state index in [9.17, 15) is 9.59 Å². The van der Waals surface area contributed by atoms with Crippen molar-refractivity contribution < 1.29 is 23.8 Å². The van der Waals surface area contributed by atoms with Crippen LogP contribution in [-0.2, 0) is 23.8 Å². The average Bonchev–Trinajstić information content (AvgIpc) is 2.24. The normalized spacial score (nSPS) is 8.47. The first-order chi connectivity index (χ1) is 7.86. The summed E-state index contributed by atoms with van der Waals surface area (Å²) in [5, 5.41) is 0. The predicted octanol–water partition coefficient (Wildman–Crippen LogP) is 1.49. The SMILES string of the molecule is C=C(C)C(=O)OCCOC(=O)C(=C)C.COC. The summed E-state index contributed by atoms with van der Waals surface area (Å²) in [6.45, 7) is 9.95. The molecule has 0 heterocycles. The van der Waals surface area contributed by atoms with Gasteiger partial charge in [0.25, 0.3) is 0 Å². The van der Waals surface area contributed by atoms with Crippen LogP contribution < -0.4 is 0 Å². The van der Waals surface area contributed by atoms with Crippen LogP contribution in [0.4, 0.5) is 0 Å². The summed E-state index contributed by atoms with van der Waals surface area (Å²) in [5.41, 5.74) is 0.632. The molecule has 0 N–H and O–H groups in total. The molecule has 0 aliphatic rings. The highest BCUT2D eigenvalue weighted by Crippen LogP contribution is 1.94. The van der Waals surface area contributed by atoms with Gasteiger partial charge in [0.1, 0.15) is 13.2 Å². The second-order valence-corrected chi connectivity index (χ2v) is 3.24. The van der Waals surface area contributed by atoms with Crippen LogP contribution in [0.3, 0.4) is 0 Å². The molecule has 0 aliphatic carbocycles. The molecule has 5 nitrogen and oxygen atoms in total. The van der Waals surface area contributed by atoms with Gasteiger partial charge in [-0.05, 0) is 13.8 Å². The molecular formula is C12H20O5. The van der Waals surface area contributed by atoms with Crippen LogP contribution in [0, 0.1) is 0 Å². The van der Waals surface area contributed by atoms with Crippen LogP contribution in [0.1, 0.15) is 13.8 Å². The molecule has 0 amide bonds. The molecule has 0 aromatic carbocycles. The summed E-state index contributed by atoms with van der Waals surface area (Å²) < 4.78 is 13.6. The number of rotatable bonds is 5. The van der Waals surface area contributed by atoms with Crippen LogP contribution in [0.15, 0.2) is 24.3 Å². The lowest BCUT2D eigenvalue weighted by atomic mass is 10.4. The molecule has 0 spiro atoms. The Kier molecular flexibility index (Phi) is 11.4. The maximum absolute atomic E-state index is 10.8. The number of ether oxygens (including phenoxy) is 3. The Balaban J connectivity index is 0. The molecule has 0 unspecified atom stereocenters. The Labute approximate surface area is 102 Å². The van der Waals surface area contributed by atoms with Gasteiger partial charge >= 0.3 is 11.9 Å². The summed E-state index contributed by atoms with van der Waals surface area (Å²) in [5.74, 6) is -0.979. The van der Waals surface area contributed by atoms with Crippen molar-refractivity contribution in [3.63, 3.8) is 0 Å². The van der Waals surface area contributed by atoms with E-state index in [1.54, 1.807) is 28.1 Å². The minimum absolute atomic E-state index is 0.0325. The molecule has 0 atom stereocenters. The van der Waals surface area contributed by atoms with E-state index in [4.69, 9.17) is 0 Å². The molecule has 5 heteroatoms. The Morgan fingerprint density at radius 1 is 0.882 bits per heavy atom. The van der Waals surface area contributed by atoms with Gasteiger partial charge in [0.05, 0.1) is 0 Å². The highest BCUT2D eigenvalue weighted by Gasteiger charge is 2.05. The van der Waals surface area contributed by atoms with Gasteiger partial charge in [0.15, 0.2) is 0 Å². The lowest BCUT2D eigenvalue weighted by molar-refractivity contribution is -0.147. The second kappa shape index (κ2) is 10.9. The van der Waals surface area contributed by atoms with Crippen LogP contribution in [0.2, 0.25) is 0 Å². The van der Waals surface area contributed by atoms with E-state index < -0.39 is 11.9 Å². The van der Waals surface area contributed by atoms with Gasteiger partial charge < -0.3 is 14.2 Å². The quantitative estimate of drug-likeness (QED) is 0.416. The van der Waals surface area contributed by atoms with E-state index in [1.807, 2.05) is 0 Å². The van der Waals surface area contributed by atoms with Crippen molar-refractivity contribution in [3.8, 4) is 0 Å². The molecule has 0 radical (unpaired) electrons. The minimum atomic E-state index is -0.489. The van der Waals surface area contributed by atoms with Gasteiger partial charge in [-0.15, -0.1) is 0 Å². The van der Waals surface area contributed by atoms with Crippen molar-refractivity contribution in [2.45, 2.75) is 13.8 Å². The average molecular weight is 244 g/mol. The van der Waals surface area contributed by atoms with Crippen molar-refractivity contribution in [2.75, 3.05) is 27.4 Å². The Bertz CT molecular complexity index is 253. The molecule has 0 fully saturated rings. The zero-order valence-electron chi connectivity index (χ0n) is 10.9. The number of carbonyl (C=O) groups is 2. The first-order valence-corrected chi connectivity index (χ1v) is 4.92. The fourth-order valence-corrected chi connectivity index (χ4v) is 0.515. The standard InChI is InChI=1S/C10H14O4.C2H6O/c1-7(2)9(11)13-5-6-14-10(12)8(3)4;1-3-2/h1,3,5-6H2,2,4H3;1-2H3. The third kappa shape index (κ3) is 12.3. The molecule has 0 saturated heterocycles. The van der Waals surface area contributed by atoms with Crippen molar-refractivity contribution in [2.24, 2.45) is 0 Å². The van der Waals surface area contributed by atoms with Crippen LogP contribution >= 0.6 is 0 Å². The Morgan fingerprint density at radius 3 is 1.29 bits per heavy atom. The highest BCUT2D eigenvalue weighted by atomic mass is 16.6. The zero-order valence-corrected chi connectivity index (χ0v) is 10.9. The predicted molar refractivity (Wildman–Crippen MR) is 64.5 cm³/mol. The summed E-state index contributed by atoms with van der Waals surface area (Å²) >= 11 is 0. The lowest BCUT2D eigenvalue weighted by Gasteiger charge is -2.05. The summed E-state index contributed by atoms with van der Waals surface area (Å²) in [7, 11) is 3.25. The second-order valence-electron chi connectivity index (χ2n) is 3.24. The van der Waals surface area contributed by atoms with E-state index in [1.165, 1.54) is 0 Å². The fourth-order valence-electron chi connectivity index (χ4n) is 0.515. The minimum Gasteiger partial charge on any atom is -0.459 e. The van der Waals surface area contributed by atoms with Crippen molar-refractivity contribution in [1.82, 2.24) is 0 Å². The largest absolute Gasteiger partial charge is 0.459 e. The van der Waals surface area contributed by atoms with Crippen LogP contribution in [-0.4, -0.2) is 39.4 Å². The van der Waals surface area contributed by atoms with Crippen LogP contribution in [0.25, 0.3) is 0 Å². The summed E-state index contributed by atoms with van der Waals surface area (Å²) in [6, 6.07) is 0. The summed E-state index contributed by atoms with van der Waals surface area (Å²) in [6.07, 6.45) is 0. The van der Waals surface area contributed by atoms with Crippen molar-refractivity contribution in [3.05, 3.63) is 24.3 Å². The van der Waals surface area contributed by atoms with Gasteiger partial charge in [-0.3, -0.25) is 0 Å². The molecule has 0 saturated carbocycles. The van der Waals surface area contributed by atoms with Crippen molar-refractivity contribution >= 4 is 11.9 Å². The highest BCUT2D eigenvalue weighted by molar-refractivity contribution is 5.87. The molecular weight excluding hydrogens is 224 g/mol. The molecule has 0 aromatic rings. The Morgan fingerprint density at radius 2 is 1.12 bits per heavy atom. The van der Waals surface area contributed by atoms with E-state index >= 15 is 0 Å². The van der Waals surface area contributed by atoms with E-state index in [0.29, 0.717) is 11.1 Å². The van der Waals surface area contributed by atoms with Gasteiger partial charge in [0.2, 0.25) is 0 Å². The van der Waals surface area contributed by atoms with Crippen LogP contribution in [0.5, 0.6) is 0 Å². The van der Waals surface area contributed by atoms with E-state index in [0.717, 1.165) is 0 Å². The van der Waals surface area contributed by atoms with Gasteiger partial charge in [0, 0.05) is 25.4 Å². The van der Waals surface area contributed by atoms with E-state index in [2.05, 4.69) is 27.4 Å². The molecule has 98 valence electrons. The lowest BCUT2D eigenvalue weighted by Crippen LogP contribution is -2.14. The van der Waals surface area contributed by atoms with Crippen molar-refractivity contribution in [1.29, 1.82) is 0 Å². The van der Waals surface area contributed by atoms with Gasteiger partial charge in [-0.1, -0.05) is 13.2 Å². The summed E-state index contributed by atoms with van der Waals surface area (Å²) in [4.78, 5) is 21.7. The number of hydrogen-bond donors (Lipinski definition) is 0. The van der Waals surface area contributed by atoms with E-state index in [-0.39, 0.29) is 13.2 Å². The third-order valence-corrected chi connectivity index (χ3v) is 1.25.